The molecule has 0 amide bonds. The molecule has 0 aliphatic carbocycles. The van der Waals surface area contributed by atoms with E-state index in [1.807, 2.05) is 0 Å². The van der Waals surface area contributed by atoms with Crippen LogP contribution in [0, 0.1) is 0 Å². The molecule has 1 aromatic carbocycles. The van der Waals surface area contributed by atoms with Crippen molar-refractivity contribution in [3.63, 3.8) is 0 Å². The Hall–Kier alpha value is -1.78. The van der Waals surface area contributed by atoms with Crippen LogP contribution in [-0.4, -0.2) is 18.8 Å². The van der Waals surface area contributed by atoms with Gasteiger partial charge in [-0.25, -0.2) is 4.79 Å². The second-order valence-electron chi connectivity index (χ2n) is 3.60. The molecule has 0 aliphatic rings. The summed E-state index contributed by atoms with van der Waals surface area (Å²) < 4.78 is 42.7. The van der Waals surface area contributed by atoms with Gasteiger partial charge in [0.05, 0.1) is 6.61 Å². The van der Waals surface area contributed by atoms with Crippen LogP contribution in [0.2, 0.25) is 0 Å². The van der Waals surface area contributed by atoms with E-state index in [2.05, 4.69) is 4.74 Å². The molecule has 0 heterocycles. The summed E-state index contributed by atoms with van der Waals surface area (Å²) in [4.78, 5) is 11.3. The van der Waals surface area contributed by atoms with Crippen molar-refractivity contribution in [3.8, 4) is 0 Å². The summed E-state index contributed by atoms with van der Waals surface area (Å²) in [6.07, 6.45) is -3.46. The monoisotopic (exact) mass is 258 g/mol. The number of halogens is 3. The van der Waals surface area contributed by atoms with Crippen LogP contribution in [-0.2, 0) is 9.53 Å². The van der Waals surface area contributed by atoms with Crippen LogP contribution < -0.4 is 0 Å². The van der Waals surface area contributed by atoms with Gasteiger partial charge in [-0.2, -0.15) is 13.2 Å². The molecule has 0 fully saturated rings. The number of benzene rings is 1. The van der Waals surface area contributed by atoms with Gasteiger partial charge in [0.1, 0.15) is 5.57 Å². The fourth-order valence-corrected chi connectivity index (χ4v) is 1.24. The van der Waals surface area contributed by atoms with Crippen molar-refractivity contribution in [3.05, 3.63) is 41.5 Å². The minimum absolute atomic E-state index is 0.0267. The number of carbonyl (C=O) groups excluding carboxylic acids is 1. The minimum atomic E-state index is -4.72. The molecule has 0 atom stereocenters. The summed E-state index contributed by atoms with van der Waals surface area (Å²) in [5.41, 5.74) is -0.986. The quantitative estimate of drug-likeness (QED) is 0.609. The molecule has 18 heavy (non-hydrogen) atoms. The molecule has 0 unspecified atom stereocenters. The summed E-state index contributed by atoms with van der Waals surface area (Å²) >= 11 is 0. The molecule has 0 N–H and O–H groups in total. The first-order valence-corrected chi connectivity index (χ1v) is 5.46. The number of alkyl halides is 3. The molecule has 2 nitrogen and oxygen atoms in total. The van der Waals surface area contributed by atoms with Gasteiger partial charge < -0.3 is 4.74 Å². The van der Waals surface area contributed by atoms with E-state index in [0.717, 1.165) is 6.08 Å². The Labute approximate surface area is 103 Å². The predicted molar refractivity (Wildman–Crippen MR) is 61.7 cm³/mol. The minimum Gasteiger partial charge on any atom is -0.462 e. The molecule has 0 aromatic heterocycles. The van der Waals surface area contributed by atoms with Crippen molar-refractivity contribution in [1.29, 1.82) is 0 Å². The third-order valence-electron chi connectivity index (χ3n) is 2.07. The Kier molecular flexibility index (Phi) is 4.95. The standard InChI is InChI=1S/C13H13F3O2/c1-2-8-18-12(17)11(13(14,15)16)9-10-6-4-3-5-7-10/h3-7,9H,2,8H2,1H3/b11-9+. The highest BCUT2D eigenvalue weighted by Gasteiger charge is 2.39. The summed E-state index contributed by atoms with van der Waals surface area (Å²) in [5.74, 6) is -1.34. The molecule has 0 bridgehead atoms. The zero-order valence-electron chi connectivity index (χ0n) is 9.83. The lowest BCUT2D eigenvalue weighted by atomic mass is 10.1. The van der Waals surface area contributed by atoms with Gasteiger partial charge in [-0.15, -0.1) is 0 Å². The van der Waals surface area contributed by atoms with Crippen LogP contribution in [0.3, 0.4) is 0 Å². The van der Waals surface area contributed by atoms with E-state index in [4.69, 9.17) is 0 Å². The van der Waals surface area contributed by atoms with E-state index < -0.39 is 17.7 Å². The zero-order valence-corrected chi connectivity index (χ0v) is 9.83. The molecular formula is C13H13F3O2. The van der Waals surface area contributed by atoms with Gasteiger partial charge in [0, 0.05) is 0 Å². The van der Waals surface area contributed by atoms with E-state index in [9.17, 15) is 18.0 Å². The zero-order chi connectivity index (χ0) is 13.6. The largest absolute Gasteiger partial charge is 0.462 e. The lowest BCUT2D eigenvalue weighted by Gasteiger charge is -2.11. The first-order valence-electron chi connectivity index (χ1n) is 5.46. The average molecular weight is 258 g/mol. The molecule has 0 radical (unpaired) electrons. The van der Waals surface area contributed by atoms with Gasteiger partial charge >= 0.3 is 12.1 Å². The van der Waals surface area contributed by atoms with Gasteiger partial charge in [0.2, 0.25) is 0 Å². The van der Waals surface area contributed by atoms with E-state index in [1.165, 1.54) is 12.1 Å². The van der Waals surface area contributed by atoms with Crippen molar-refractivity contribution in [1.82, 2.24) is 0 Å². The molecule has 5 heteroatoms. The van der Waals surface area contributed by atoms with Crippen molar-refractivity contribution in [2.24, 2.45) is 0 Å². The molecule has 0 aliphatic heterocycles. The molecule has 98 valence electrons. The Morgan fingerprint density at radius 1 is 1.28 bits per heavy atom. The summed E-state index contributed by atoms with van der Waals surface area (Å²) in [6.45, 7) is 1.68. The molecular weight excluding hydrogens is 245 g/mol. The maximum absolute atomic E-state index is 12.7. The molecule has 1 rings (SSSR count). The highest BCUT2D eigenvalue weighted by Crippen LogP contribution is 2.28. The van der Waals surface area contributed by atoms with E-state index in [-0.39, 0.29) is 6.61 Å². The van der Waals surface area contributed by atoms with Crippen LogP contribution in [0.1, 0.15) is 18.9 Å². The number of hydrogen-bond donors (Lipinski definition) is 0. The molecule has 0 saturated carbocycles. The normalized spacial score (nSPS) is 12.3. The fourth-order valence-electron chi connectivity index (χ4n) is 1.24. The average Bonchev–Trinajstić information content (AvgIpc) is 2.33. The molecule has 1 aromatic rings. The first kappa shape index (κ1) is 14.3. The van der Waals surface area contributed by atoms with E-state index in [1.54, 1.807) is 25.1 Å². The predicted octanol–water partition coefficient (Wildman–Crippen LogP) is 3.59. The third-order valence-corrected chi connectivity index (χ3v) is 2.07. The maximum Gasteiger partial charge on any atom is 0.423 e. The third kappa shape index (κ3) is 4.24. The first-order chi connectivity index (χ1) is 8.45. The number of esters is 1. The van der Waals surface area contributed by atoms with Crippen LogP contribution in [0.15, 0.2) is 35.9 Å². The number of rotatable bonds is 4. The van der Waals surface area contributed by atoms with Gasteiger partial charge in [-0.3, -0.25) is 0 Å². The summed E-state index contributed by atoms with van der Waals surface area (Å²) in [7, 11) is 0. The van der Waals surface area contributed by atoms with Crippen LogP contribution in [0.5, 0.6) is 0 Å². The SMILES string of the molecule is CCCOC(=O)/C(=C\c1ccccc1)C(F)(F)F. The van der Waals surface area contributed by atoms with Crippen molar-refractivity contribution in [2.75, 3.05) is 6.61 Å². The second-order valence-corrected chi connectivity index (χ2v) is 3.60. The van der Waals surface area contributed by atoms with Gasteiger partial charge in [-0.05, 0) is 18.1 Å². The highest BCUT2D eigenvalue weighted by molar-refractivity contribution is 5.95. The Morgan fingerprint density at radius 3 is 2.39 bits per heavy atom. The van der Waals surface area contributed by atoms with E-state index >= 15 is 0 Å². The second kappa shape index (κ2) is 6.23. The van der Waals surface area contributed by atoms with Crippen molar-refractivity contribution < 1.29 is 22.7 Å². The Balaban J connectivity index is 3.00. The maximum atomic E-state index is 12.7. The van der Waals surface area contributed by atoms with Crippen LogP contribution >= 0.6 is 0 Å². The van der Waals surface area contributed by atoms with Gasteiger partial charge in [0.25, 0.3) is 0 Å². The molecule has 0 saturated heterocycles. The van der Waals surface area contributed by atoms with Crippen LogP contribution in [0.25, 0.3) is 6.08 Å². The van der Waals surface area contributed by atoms with Crippen LogP contribution in [0.4, 0.5) is 13.2 Å². The van der Waals surface area contributed by atoms with Gasteiger partial charge in [0.15, 0.2) is 0 Å². The lowest BCUT2D eigenvalue weighted by Crippen LogP contribution is -2.22. The number of hydrogen-bond acceptors (Lipinski definition) is 2. The van der Waals surface area contributed by atoms with Gasteiger partial charge in [-0.1, -0.05) is 37.3 Å². The topological polar surface area (TPSA) is 26.3 Å². The van der Waals surface area contributed by atoms with Crippen molar-refractivity contribution >= 4 is 12.0 Å². The Bertz CT molecular complexity index is 422. The van der Waals surface area contributed by atoms with E-state index in [0.29, 0.717) is 12.0 Å². The summed E-state index contributed by atoms with van der Waals surface area (Å²) in [6, 6.07) is 7.84. The Morgan fingerprint density at radius 2 is 1.89 bits per heavy atom. The summed E-state index contributed by atoms with van der Waals surface area (Å²) in [5, 5.41) is 0. The van der Waals surface area contributed by atoms with Crippen molar-refractivity contribution in [2.45, 2.75) is 19.5 Å². The smallest absolute Gasteiger partial charge is 0.423 e. The lowest BCUT2D eigenvalue weighted by molar-refractivity contribution is -0.150. The molecule has 0 spiro atoms. The highest BCUT2D eigenvalue weighted by atomic mass is 19.4. The fraction of sp³-hybridized carbons (Fsp3) is 0.308. The number of carbonyl (C=O) groups is 1. The number of ether oxygens (including phenoxy) is 1.